The maximum Gasteiger partial charge on any atom is 0.573 e. The number of hydrogen-bond acceptors (Lipinski definition) is 3. The van der Waals surface area contributed by atoms with Crippen LogP contribution in [0.25, 0.3) is 27.8 Å². The SMILES string of the molecule is CCc1nn(C2CCCC2)c2cc(-c3ccnn3-c3ccc(OC(F)(F)F)cc3)ccc12. The van der Waals surface area contributed by atoms with Crippen LogP contribution in [-0.4, -0.2) is 25.9 Å². The zero-order valence-electron chi connectivity index (χ0n) is 17.6. The van der Waals surface area contributed by atoms with E-state index in [1.54, 1.807) is 23.0 Å². The molecule has 5 nitrogen and oxygen atoms in total. The van der Waals surface area contributed by atoms with Gasteiger partial charge in [0, 0.05) is 10.9 Å². The van der Waals surface area contributed by atoms with E-state index in [1.165, 1.54) is 30.4 Å². The summed E-state index contributed by atoms with van der Waals surface area (Å²) in [5, 5.41) is 10.5. The summed E-state index contributed by atoms with van der Waals surface area (Å²) in [7, 11) is 0. The number of hydrogen-bond donors (Lipinski definition) is 0. The second kappa shape index (κ2) is 8.00. The van der Waals surface area contributed by atoms with Crippen molar-refractivity contribution in [3.63, 3.8) is 0 Å². The van der Waals surface area contributed by atoms with Crippen molar-refractivity contribution in [2.75, 3.05) is 0 Å². The summed E-state index contributed by atoms with van der Waals surface area (Å²) in [6, 6.07) is 14.4. The van der Waals surface area contributed by atoms with E-state index < -0.39 is 6.36 Å². The molecule has 1 aliphatic carbocycles. The fourth-order valence-electron chi connectivity index (χ4n) is 4.57. The first-order valence-corrected chi connectivity index (χ1v) is 10.8. The molecule has 0 radical (unpaired) electrons. The molecule has 1 aliphatic rings. The van der Waals surface area contributed by atoms with E-state index in [0.717, 1.165) is 41.7 Å². The van der Waals surface area contributed by atoms with Crippen LogP contribution >= 0.6 is 0 Å². The molecule has 2 heterocycles. The fraction of sp³-hybridized carbons (Fsp3) is 0.333. The highest BCUT2D eigenvalue weighted by Crippen LogP contribution is 2.35. The van der Waals surface area contributed by atoms with Crippen LogP contribution < -0.4 is 4.74 Å². The average molecular weight is 440 g/mol. The Hall–Kier alpha value is -3.29. The van der Waals surface area contributed by atoms with Gasteiger partial charge in [-0.2, -0.15) is 10.2 Å². The lowest BCUT2D eigenvalue weighted by atomic mass is 10.1. The van der Waals surface area contributed by atoms with Crippen LogP contribution in [0, 0.1) is 0 Å². The number of benzene rings is 2. The van der Waals surface area contributed by atoms with Crippen molar-refractivity contribution in [3.8, 4) is 22.7 Å². The highest BCUT2D eigenvalue weighted by atomic mass is 19.4. The summed E-state index contributed by atoms with van der Waals surface area (Å²) >= 11 is 0. The van der Waals surface area contributed by atoms with Gasteiger partial charge in [-0.15, -0.1) is 13.2 Å². The standard InChI is InChI=1S/C24H23F3N4O/c1-2-21-20-12-7-16(15-23(20)31(29-21)17-5-3-4-6-17)22-13-14-28-30(22)18-8-10-19(11-9-18)32-24(25,26)27/h7-15,17H,2-6H2,1H3. The van der Waals surface area contributed by atoms with Crippen LogP contribution in [0.1, 0.15) is 44.3 Å². The summed E-state index contributed by atoms with van der Waals surface area (Å²) in [6.07, 6.45) is 2.60. The highest BCUT2D eigenvalue weighted by molar-refractivity contribution is 5.86. The van der Waals surface area contributed by atoms with Gasteiger partial charge in [0.1, 0.15) is 5.75 Å². The van der Waals surface area contributed by atoms with Crippen molar-refractivity contribution in [2.24, 2.45) is 0 Å². The van der Waals surface area contributed by atoms with E-state index in [1.807, 2.05) is 6.07 Å². The molecule has 4 aromatic rings. The molecule has 5 rings (SSSR count). The largest absolute Gasteiger partial charge is 0.573 e. The molecule has 32 heavy (non-hydrogen) atoms. The first-order chi connectivity index (χ1) is 15.4. The van der Waals surface area contributed by atoms with Crippen LogP contribution in [0.5, 0.6) is 5.75 Å². The van der Waals surface area contributed by atoms with Gasteiger partial charge in [0.25, 0.3) is 0 Å². The third-order valence-corrected chi connectivity index (χ3v) is 6.04. The lowest BCUT2D eigenvalue weighted by Gasteiger charge is -2.13. The molecule has 8 heteroatoms. The summed E-state index contributed by atoms with van der Waals surface area (Å²) in [5.74, 6) is -0.260. The minimum absolute atomic E-state index is 0.260. The maximum absolute atomic E-state index is 12.5. The van der Waals surface area contributed by atoms with E-state index in [2.05, 4.69) is 39.6 Å². The lowest BCUT2D eigenvalue weighted by Crippen LogP contribution is -2.17. The first-order valence-electron chi connectivity index (χ1n) is 10.8. The van der Waals surface area contributed by atoms with E-state index in [4.69, 9.17) is 5.10 Å². The minimum atomic E-state index is -4.71. The topological polar surface area (TPSA) is 44.9 Å². The van der Waals surface area contributed by atoms with Gasteiger partial charge in [-0.1, -0.05) is 31.9 Å². The van der Waals surface area contributed by atoms with Crippen LogP contribution in [0.3, 0.4) is 0 Å². The van der Waals surface area contributed by atoms with Crippen molar-refractivity contribution in [2.45, 2.75) is 51.4 Å². The number of fused-ring (bicyclic) bond motifs is 1. The van der Waals surface area contributed by atoms with Crippen LogP contribution in [0.2, 0.25) is 0 Å². The van der Waals surface area contributed by atoms with E-state index in [0.29, 0.717) is 11.7 Å². The Morgan fingerprint density at radius 2 is 1.78 bits per heavy atom. The molecule has 0 saturated heterocycles. The summed E-state index contributed by atoms with van der Waals surface area (Å²) in [4.78, 5) is 0. The zero-order valence-corrected chi connectivity index (χ0v) is 17.6. The predicted molar refractivity (Wildman–Crippen MR) is 116 cm³/mol. The number of ether oxygens (including phenoxy) is 1. The van der Waals surface area contributed by atoms with Crippen molar-refractivity contribution in [3.05, 3.63) is 60.4 Å². The molecular weight excluding hydrogens is 417 g/mol. The second-order valence-corrected chi connectivity index (χ2v) is 8.08. The van der Waals surface area contributed by atoms with Gasteiger partial charge in [-0.05, 0) is 55.7 Å². The maximum atomic E-state index is 12.5. The third kappa shape index (κ3) is 3.85. The molecule has 1 fully saturated rings. The van der Waals surface area contributed by atoms with Gasteiger partial charge in [-0.3, -0.25) is 4.68 Å². The van der Waals surface area contributed by atoms with Crippen molar-refractivity contribution in [1.82, 2.24) is 19.6 Å². The Balaban J connectivity index is 1.53. The second-order valence-electron chi connectivity index (χ2n) is 8.08. The number of nitrogens with zero attached hydrogens (tertiary/aromatic N) is 4. The average Bonchev–Trinajstić information content (AvgIpc) is 3.51. The number of rotatable bonds is 5. The van der Waals surface area contributed by atoms with Gasteiger partial charge in [0.15, 0.2) is 0 Å². The normalized spacial score (nSPS) is 15.0. The Labute approximate surface area is 183 Å². The lowest BCUT2D eigenvalue weighted by molar-refractivity contribution is -0.274. The van der Waals surface area contributed by atoms with Crippen LogP contribution in [-0.2, 0) is 6.42 Å². The summed E-state index contributed by atoms with van der Waals surface area (Å²) in [6.45, 7) is 2.12. The van der Waals surface area contributed by atoms with Gasteiger partial charge in [0.2, 0.25) is 0 Å². The van der Waals surface area contributed by atoms with Crippen molar-refractivity contribution in [1.29, 1.82) is 0 Å². The quantitative estimate of drug-likeness (QED) is 0.358. The molecule has 1 saturated carbocycles. The molecule has 0 N–H and O–H groups in total. The molecular formula is C24H23F3N4O. The predicted octanol–water partition coefficient (Wildman–Crippen LogP) is 6.47. The van der Waals surface area contributed by atoms with Gasteiger partial charge in [-0.25, -0.2) is 4.68 Å². The Morgan fingerprint density at radius 1 is 1.03 bits per heavy atom. The van der Waals surface area contributed by atoms with Gasteiger partial charge in [0.05, 0.1) is 34.8 Å². The first kappa shape index (κ1) is 20.6. The molecule has 0 bridgehead atoms. The summed E-state index contributed by atoms with van der Waals surface area (Å²) in [5.41, 5.74) is 4.71. The van der Waals surface area contributed by atoms with E-state index in [-0.39, 0.29) is 5.75 Å². The molecule has 2 aromatic carbocycles. The van der Waals surface area contributed by atoms with Crippen LogP contribution in [0.4, 0.5) is 13.2 Å². The minimum Gasteiger partial charge on any atom is -0.406 e. The van der Waals surface area contributed by atoms with E-state index >= 15 is 0 Å². The van der Waals surface area contributed by atoms with Crippen LogP contribution in [0.15, 0.2) is 54.7 Å². The molecule has 0 atom stereocenters. The molecule has 0 aliphatic heterocycles. The Bertz CT molecular complexity index is 1230. The Kier molecular flexibility index (Phi) is 5.15. The number of alkyl halides is 3. The molecule has 2 aromatic heterocycles. The monoisotopic (exact) mass is 440 g/mol. The number of aromatic nitrogens is 4. The Morgan fingerprint density at radius 3 is 2.47 bits per heavy atom. The highest BCUT2D eigenvalue weighted by Gasteiger charge is 2.31. The molecule has 0 amide bonds. The third-order valence-electron chi connectivity index (χ3n) is 6.04. The van der Waals surface area contributed by atoms with E-state index in [9.17, 15) is 13.2 Å². The van der Waals surface area contributed by atoms with Gasteiger partial charge < -0.3 is 4.74 Å². The zero-order chi connectivity index (χ0) is 22.3. The smallest absolute Gasteiger partial charge is 0.406 e. The summed E-state index contributed by atoms with van der Waals surface area (Å²) < 4.78 is 45.2. The van der Waals surface area contributed by atoms with Crippen molar-refractivity contribution < 1.29 is 17.9 Å². The van der Waals surface area contributed by atoms with Gasteiger partial charge >= 0.3 is 6.36 Å². The molecule has 0 spiro atoms. The van der Waals surface area contributed by atoms with Crippen molar-refractivity contribution >= 4 is 10.9 Å². The molecule has 0 unspecified atom stereocenters. The molecule has 166 valence electrons. The number of aryl methyl sites for hydroxylation is 1. The number of halogens is 3. The fourth-order valence-corrected chi connectivity index (χ4v) is 4.57.